The third kappa shape index (κ3) is 1.57. The molecule has 2 aromatic rings. The summed E-state index contributed by atoms with van der Waals surface area (Å²) >= 11 is 0. The zero-order valence-electron chi connectivity index (χ0n) is 12.8. The number of carbonyl (C=O) groups excluding carboxylic acids is 1. The number of hydrogen-bond acceptors (Lipinski definition) is 2. The average molecular weight is 292 g/mol. The second-order valence-corrected chi connectivity index (χ2v) is 5.97. The van der Waals surface area contributed by atoms with Crippen molar-refractivity contribution in [1.82, 2.24) is 9.80 Å². The number of benzene rings is 2. The standard InChI is InChI=1S/C19H20N2O/c1-2-20-13-8-14-21-18(22)16-11-6-7-12-17(16)19(20,21)15-9-4-3-5-10-15/h3-7,9-12H,2,8,13-14H2,1H3. The predicted molar refractivity (Wildman–Crippen MR) is 86.6 cm³/mol. The summed E-state index contributed by atoms with van der Waals surface area (Å²) in [6, 6.07) is 18.6. The number of nitrogens with zero attached hydrogens (tertiary/aromatic N) is 2. The van der Waals surface area contributed by atoms with Crippen molar-refractivity contribution in [2.45, 2.75) is 19.0 Å². The molecule has 3 nitrogen and oxygen atoms in total. The molecule has 1 saturated heterocycles. The fraction of sp³-hybridized carbons (Fsp3) is 0.316. The van der Waals surface area contributed by atoms with Gasteiger partial charge in [0.25, 0.3) is 5.91 Å². The van der Waals surface area contributed by atoms with Crippen molar-refractivity contribution in [3.8, 4) is 0 Å². The van der Waals surface area contributed by atoms with Gasteiger partial charge in [-0.1, -0.05) is 55.5 Å². The van der Waals surface area contributed by atoms with Crippen LogP contribution in [0, 0.1) is 0 Å². The summed E-state index contributed by atoms with van der Waals surface area (Å²) in [5, 5.41) is 0. The summed E-state index contributed by atoms with van der Waals surface area (Å²) in [6.45, 7) is 4.94. The van der Waals surface area contributed by atoms with Gasteiger partial charge in [-0.15, -0.1) is 0 Å². The Morgan fingerprint density at radius 2 is 1.73 bits per heavy atom. The minimum absolute atomic E-state index is 0.164. The third-order valence-electron chi connectivity index (χ3n) is 4.99. The predicted octanol–water partition coefficient (Wildman–Crippen LogP) is 3.07. The van der Waals surface area contributed by atoms with Gasteiger partial charge in [0.05, 0.1) is 0 Å². The van der Waals surface area contributed by atoms with E-state index in [1.807, 2.05) is 24.3 Å². The number of amides is 1. The fourth-order valence-electron chi connectivity index (χ4n) is 4.15. The van der Waals surface area contributed by atoms with E-state index in [2.05, 4.69) is 47.1 Å². The van der Waals surface area contributed by atoms with E-state index in [0.29, 0.717) is 0 Å². The molecule has 1 atom stereocenters. The van der Waals surface area contributed by atoms with E-state index in [0.717, 1.165) is 37.2 Å². The SMILES string of the molecule is CCN1CCCN2C(=O)c3ccccc3C12c1ccccc1. The second kappa shape index (κ2) is 4.96. The Morgan fingerprint density at radius 3 is 2.50 bits per heavy atom. The topological polar surface area (TPSA) is 23.6 Å². The quantitative estimate of drug-likeness (QED) is 0.849. The van der Waals surface area contributed by atoms with Crippen LogP contribution >= 0.6 is 0 Å². The highest BCUT2D eigenvalue weighted by Gasteiger charge is 2.55. The lowest BCUT2D eigenvalue weighted by molar-refractivity contribution is -0.0352. The molecule has 0 bridgehead atoms. The Bertz CT molecular complexity index is 712. The molecular weight excluding hydrogens is 272 g/mol. The molecule has 0 saturated carbocycles. The summed E-state index contributed by atoms with van der Waals surface area (Å²) < 4.78 is 0. The monoisotopic (exact) mass is 292 g/mol. The highest BCUT2D eigenvalue weighted by atomic mass is 16.2. The van der Waals surface area contributed by atoms with Crippen molar-refractivity contribution in [2.75, 3.05) is 19.6 Å². The zero-order chi connectivity index (χ0) is 15.2. The molecule has 0 aromatic heterocycles. The Balaban J connectivity index is 2.04. The number of carbonyl (C=O) groups is 1. The largest absolute Gasteiger partial charge is 0.312 e. The molecule has 2 aromatic carbocycles. The molecule has 2 aliphatic heterocycles. The van der Waals surface area contributed by atoms with Crippen molar-refractivity contribution in [3.63, 3.8) is 0 Å². The first-order valence-corrected chi connectivity index (χ1v) is 8.02. The van der Waals surface area contributed by atoms with Crippen molar-refractivity contribution in [1.29, 1.82) is 0 Å². The highest BCUT2D eigenvalue weighted by Crippen LogP contribution is 2.48. The first kappa shape index (κ1) is 13.5. The van der Waals surface area contributed by atoms with Crippen LogP contribution in [-0.2, 0) is 5.66 Å². The summed E-state index contributed by atoms with van der Waals surface area (Å²) in [4.78, 5) is 17.5. The number of hydrogen-bond donors (Lipinski definition) is 0. The third-order valence-corrected chi connectivity index (χ3v) is 4.99. The van der Waals surface area contributed by atoms with Gasteiger partial charge in [-0.25, -0.2) is 0 Å². The lowest BCUT2D eigenvalue weighted by Crippen LogP contribution is -2.60. The van der Waals surface area contributed by atoms with E-state index >= 15 is 0 Å². The smallest absolute Gasteiger partial charge is 0.256 e. The van der Waals surface area contributed by atoms with Crippen LogP contribution in [0.1, 0.15) is 34.8 Å². The molecule has 0 radical (unpaired) electrons. The number of rotatable bonds is 2. The lowest BCUT2D eigenvalue weighted by Gasteiger charge is -2.51. The van der Waals surface area contributed by atoms with E-state index in [1.54, 1.807) is 0 Å². The molecule has 0 aliphatic carbocycles. The fourth-order valence-corrected chi connectivity index (χ4v) is 4.15. The maximum absolute atomic E-state index is 13.0. The molecule has 4 rings (SSSR count). The van der Waals surface area contributed by atoms with Gasteiger partial charge in [0.2, 0.25) is 0 Å². The van der Waals surface area contributed by atoms with Crippen LogP contribution in [0.4, 0.5) is 0 Å². The van der Waals surface area contributed by atoms with Gasteiger partial charge in [0.1, 0.15) is 5.66 Å². The zero-order valence-corrected chi connectivity index (χ0v) is 12.8. The van der Waals surface area contributed by atoms with Gasteiger partial charge in [0.15, 0.2) is 0 Å². The second-order valence-electron chi connectivity index (χ2n) is 5.97. The summed E-state index contributed by atoms with van der Waals surface area (Å²) in [5.74, 6) is 0.164. The average Bonchev–Trinajstić information content (AvgIpc) is 2.86. The molecule has 22 heavy (non-hydrogen) atoms. The summed E-state index contributed by atoms with van der Waals surface area (Å²) in [6.07, 6.45) is 1.03. The van der Waals surface area contributed by atoms with Gasteiger partial charge >= 0.3 is 0 Å². The van der Waals surface area contributed by atoms with Gasteiger partial charge in [-0.2, -0.15) is 0 Å². The highest BCUT2D eigenvalue weighted by molar-refractivity contribution is 6.00. The maximum atomic E-state index is 13.0. The molecule has 1 fully saturated rings. The molecule has 2 aliphatic rings. The van der Waals surface area contributed by atoms with Gasteiger partial charge in [0, 0.05) is 24.2 Å². The molecule has 0 spiro atoms. The maximum Gasteiger partial charge on any atom is 0.256 e. The minimum Gasteiger partial charge on any atom is -0.312 e. The van der Waals surface area contributed by atoms with Gasteiger partial charge in [-0.3, -0.25) is 9.69 Å². The van der Waals surface area contributed by atoms with E-state index in [4.69, 9.17) is 0 Å². The Hall–Kier alpha value is -2.13. The van der Waals surface area contributed by atoms with Crippen LogP contribution in [0.15, 0.2) is 54.6 Å². The van der Waals surface area contributed by atoms with Crippen molar-refractivity contribution in [2.24, 2.45) is 0 Å². The van der Waals surface area contributed by atoms with E-state index in [-0.39, 0.29) is 5.91 Å². The van der Waals surface area contributed by atoms with Gasteiger partial charge < -0.3 is 4.90 Å². The molecule has 1 unspecified atom stereocenters. The molecule has 112 valence electrons. The molecule has 2 heterocycles. The first-order chi connectivity index (χ1) is 10.8. The van der Waals surface area contributed by atoms with Crippen LogP contribution in [-0.4, -0.2) is 35.3 Å². The first-order valence-electron chi connectivity index (χ1n) is 8.02. The lowest BCUT2D eigenvalue weighted by atomic mass is 9.87. The Kier molecular flexibility index (Phi) is 3.05. The molecular formula is C19H20N2O. The Morgan fingerprint density at radius 1 is 1.00 bits per heavy atom. The van der Waals surface area contributed by atoms with E-state index in [9.17, 15) is 4.79 Å². The van der Waals surface area contributed by atoms with Crippen LogP contribution < -0.4 is 0 Å². The normalized spacial score (nSPS) is 24.2. The minimum atomic E-state index is -0.429. The summed E-state index contributed by atoms with van der Waals surface area (Å²) in [7, 11) is 0. The van der Waals surface area contributed by atoms with Crippen LogP contribution in [0.3, 0.4) is 0 Å². The molecule has 1 amide bonds. The molecule has 0 N–H and O–H groups in total. The summed E-state index contributed by atoms with van der Waals surface area (Å²) in [5.41, 5.74) is 2.75. The van der Waals surface area contributed by atoms with Crippen molar-refractivity contribution < 1.29 is 4.79 Å². The van der Waals surface area contributed by atoms with Crippen LogP contribution in [0.25, 0.3) is 0 Å². The van der Waals surface area contributed by atoms with Crippen molar-refractivity contribution >= 4 is 5.91 Å². The van der Waals surface area contributed by atoms with Crippen LogP contribution in [0.2, 0.25) is 0 Å². The number of fused-ring (bicyclic) bond motifs is 3. The molecule has 3 heteroatoms. The van der Waals surface area contributed by atoms with E-state index < -0.39 is 5.66 Å². The Labute approximate surface area is 131 Å². The van der Waals surface area contributed by atoms with Gasteiger partial charge in [-0.05, 0) is 24.6 Å². The van der Waals surface area contributed by atoms with Crippen LogP contribution in [0.5, 0.6) is 0 Å². The van der Waals surface area contributed by atoms with E-state index in [1.165, 1.54) is 5.56 Å². The van der Waals surface area contributed by atoms with Crippen molar-refractivity contribution in [3.05, 3.63) is 71.3 Å².